The van der Waals surface area contributed by atoms with Crippen LogP contribution in [0.25, 0.3) is 10.9 Å². The number of fused-ring (bicyclic) bond motifs is 1. The lowest BCUT2D eigenvalue weighted by Crippen LogP contribution is -1.98. The molecule has 0 radical (unpaired) electrons. The molecule has 19 heavy (non-hydrogen) atoms. The van der Waals surface area contributed by atoms with Crippen molar-refractivity contribution in [2.24, 2.45) is 0 Å². The molecule has 0 unspecified atom stereocenters. The van der Waals surface area contributed by atoms with Gasteiger partial charge in [-0.15, -0.1) is 0 Å². The van der Waals surface area contributed by atoms with Crippen LogP contribution in [0.2, 0.25) is 0 Å². The van der Waals surface area contributed by atoms with Crippen LogP contribution in [0, 0.1) is 5.82 Å². The van der Waals surface area contributed by atoms with Gasteiger partial charge in [0.05, 0.1) is 6.61 Å². The van der Waals surface area contributed by atoms with E-state index in [1.807, 2.05) is 36.5 Å². The lowest BCUT2D eigenvalue weighted by atomic mass is 10.1. The fourth-order valence-electron chi connectivity index (χ4n) is 2.32. The van der Waals surface area contributed by atoms with E-state index in [9.17, 15) is 4.39 Å². The molecule has 0 saturated carbocycles. The van der Waals surface area contributed by atoms with Crippen LogP contribution < -0.4 is 0 Å². The normalized spacial score (nSPS) is 11.1. The SMILES string of the molecule is OCc1ccc2c(ccn2Cc2cccc(F)c2)c1. The van der Waals surface area contributed by atoms with Crippen molar-refractivity contribution in [2.45, 2.75) is 13.2 Å². The molecule has 3 rings (SSSR count). The zero-order chi connectivity index (χ0) is 13.2. The van der Waals surface area contributed by atoms with Crippen molar-refractivity contribution in [1.82, 2.24) is 4.57 Å². The molecule has 1 N–H and O–H groups in total. The van der Waals surface area contributed by atoms with E-state index in [0.717, 1.165) is 22.0 Å². The summed E-state index contributed by atoms with van der Waals surface area (Å²) in [7, 11) is 0. The second-order valence-electron chi connectivity index (χ2n) is 4.62. The van der Waals surface area contributed by atoms with Gasteiger partial charge >= 0.3 is 0 Å². The number of hydrogen-bond acceptors (Lipinski definition) is 1. The Hall–Kier alpha value is -2.13. The van der Waals surface area contributed by atoms with Crippen LogP contribution in [0.15, 0.2) is 54.7 Å². The number of aromatic nitrogens is 1. The molecule has 0 aliphatic heterocycles. The fraction of sp³-hybridized carbons (Fsp3) is 0.125. The predicted molar refractivity (Wildman–Crippen MR) is 73.4 cm³/mol. The molecule has 0 atom stereocenters. The number of aliphatic hydroxyl groups excluding tert-OH is 1. The van der Waals surface area contributed by atoms with Crippen LogP contribution in [0.5, 0.6) is 0 Å². The standard InChI is InChI=1S/C16H14FNO/c17-15-3-1-2-12(9-15)10-18-7-6-14-8-13(11-19)4-5-16(14)18/h1-9,19H,10-11H2. The highest BCUT2D eigenvalue weighted by molar-refractivity contribution is 5.81. The van der Waals surface area contributed by atoms with Crippen molar-refractivity contribution in [3.63, 3.8) is 0 Å². The first-order chi connectivity index (χ1) is 9.26. The average Bonchev–Trinajstić information content (AvgIpc) is 2.81. The summed E-state index contributed by atoms with van der Waals surface area (Å²) >= 11 is 0. The van der Waals surface area contributed by atoms with Gasteiger partial charge in [0.2, 0.25) is 0 Å². The third kappa shape index (κ3) is 2.37. The molecule has 0 aliphatic rings. The molecule has 3 aromatic rings. The van der Waals surface area contributed by atoms with Crippen LogP contribution >= 0.6 is 0 Å². The maximum atomic E-state index is 13.2. The minimum absolute atomic E-state index is 0.0466. The van der Waals surface area contributed by atoms with Crippen LogP contribution in [-0.4, -0.2) is 9.67 Å². The first-order valence-corrected chi connectivity index (χ1v) is 6.19. The third-order valence-electron chi connectivity index (χ3n) is 3.26. The summed E-state index contributed by atoms with van der Waals surface area (Å²) in [5.41, 5.74) is 2.92. The molecule has 0 fully saturated rings. The van der Waals surface area contributed by atoms with Gasteiger partial charge in [0.1, 0.15) is 5.82 Å². The highest BCUT2D eigenvalue weighted by Crippen LogP contribution is 2.19. The number of hydrogen-bond donors (Lipinski definition) is 1. The molecule has 3 heteroatoms. The molecule has 2 aromatic carbocycles. The second-order valence-corrected chi connectivity index (χ2v) is 4.62. The maximum Gasteiger partial charge on any atom is 0.123 e. The summed E-state index contributed by atoms with van der Waals surface area (Å²) in [6.45, 7) is 0.685. The van der Waals surface area contributed by atoms with E-state index < -0.39 is 0 Å². The quantitative estimate of drug-likeness (QED) is 0.763. The number of aliphatic hydroxyl groups is 1. The first-order valence-electron chi connectivity index (χ1n) is 6.19. The Morgan fingerprint density at radius 3 is 2.68 bits per heavy atom. The highest BCUT2D eigenvalue weighted by Gasteiger charge is 2.03. The summed E-state index contributed by atoms with van der Waals surface area (Å²) in [5, 5.41) is 10.2. The lowest BCUT2D eigenvalue weighted by Gasteiger charge is -2.06. The molecule has 0 aliphatic carbocycles. The number of benzene rings is 2. The molecule has 0 saturated heterocycles. The lowest BCUT2D eigenvalue weighted by molar-refractivity contribution is 0.282. The van der Waals surface area contributed by atoms with Gasteiger partial charge in [0.15, 0.2) is 0 Å². The minimum atomic E-state index is -0.212. The second kappa shape index (κ2) is 4.86. The Balaban J connectivity index is 1.97. The van der Waals surface area contributed by atoms with E-state index in [4.69, 9.17) is 5.11 Å². The smallest absolute Gasteiger partial charge is 0.123 e. The van der Waals surface area contributed by atoms with Crippen molar-refractivity contribution in [3.8, 4) is 0 Å². The Bertz CT molecular complexity index is 718. The van der Waals surface area contributed by atoms with Gasteiger partial charge in [0.25, 0.3) is 0 Å². The molecular weight excluding hydrogens is 241 g/mol. The van der Waals surface area contributed by atoms with Crippen molar-refractivity contribution in [3.05, 3.63) is 71.7 Å². The van der Waals surface area contributed by atoms with Gasteiger partial charge in [-0.2, -0.15) is 0 Å². The Labute approximate surface area is 110 Å². The van der Waals surface area contributed by atoms with Gasteiger partial charge in [-0.05, 0) is 46.8 Å². The summed E-state index contributed by atoms with van der Waals surface area (Å²) in [5.74, 6) is -0.212. The van der Waals surface area contributed by atoms with Crippen LogP contribution in [-0.2, 0) is 13.2 Å². The topological polar surface area (TPSA) is 25.2 Å². The fourth-order valence-corrected chi connectivity index (χ4v) is 2.32. The van der Waals surface area contributed by atoms with E-state index in [2.05, 4.69) is 4.57 Å². The highest BCUT2D eigenvalue weighted by atomic mass is 19.1. The van der Waals surface area contributed by atoms with E-state index in [-0.39, 0.29) is 12.4 Å². The molecule has 2 nitrogen and oxygen atoms in total. The predicted octanol–water partition coefficient (Wildman–Crippen LogP) is 3.32. The Morgan fingerprint density at radius 1 is 1.00 bits per heavy atom. The average molecular weight is 255 g/mol. The molecule has 0 spiro atoms. The van der Waals surface area contributed by atoms with Crippen molar-refractivity contribution in [2.75, 3.05) is 0 Å². The van der Waals surface area contributed by atoms with E-state index >= 15 is 0 Å². The van der Waals surface area contributed by atoms with Crippen molar-refractivity contribution in [1.29, 1.82) is 0 Å². The van der Waals surface area contributed by atoms with Gasteiger partial charge < -0.3 is 9.67 Å². The minimum Gasteiger partial charge on any atom is -0.392 e. The van der Waals surface area contributed by atoms with Gasteiger partial charge in [0, 0.05) is 18.3 Å². The molecule has 96 valence electrons. The van der Waals surface area contributed by atoms with Gasteiger partial charge in [-0.1, -0.05) is 18.2 Å². The summed E-state index contributed by atoms with van der Waals surface area (Å²) in [6, 6.07) is 14.5. The van der Waals surface area contributed by atoms with Crippen LogP contribution in [0.1, 0.15) is 11.1 Å². The number of rotatable bonds is 3. The van der Waals surface area contributed by atoms with Gasteiger partial charge in [-0.25, -0.2) is 4.39 Å². The molecule has 1 heterocycles. The zero-order valence-corrected chi connectivity index (χ0v) is 10.4. The van der Waals surface area contributed by atoms with E-state index in [1.54, 1.807) is 12.1 Å². The Kier molecular flexibility index (Phi) is 3.05. The molecule has 1 aromatic heterocycles. The van der Waals surface area contributed by atoms with Crippen molar-refractivity contribution >= 4 is 10.9 Å². The molecule has 0 amide bonds. The first kappa shape index (κ1) is 11.9. The summed E-state index contributed by atoms with van der Waals surface area (Å²) < 4.78 is 15.2. The van der Waals surface area contributed by atoms with Gasteiger partial charge in [-0.3, -0.25) is 0 Å². The molecular formula is C16H14FNO. The zero-order valence-electron chi connectivity index (χ0n) is 10.4. The summed E-state index contributed by atoms with van der Waals surface area (Å²) in [6.07, 6.45) is 1.98. The van der Waals surface area contributed by atoms with E-state index in [0.29, 0.717) is 6.54 Å². The van der Waals surface area contributed by atoms with Crippen LogP contribution in [0.3, 0.4) is 0 Å². The van der Waals surface area contributed by atoms with E-state index in [1.165, 1.54) is 6.07 Å². The molecule has 0 bridgehead atoms. The third-order valence-corrected chi connectivity index (χ3v) is 3.26. The van der Waals surface area contributed by atoms with Crippen LogP contribution in [0.4, 0.5) is 4.39 Å². The maximum absolute atomic E-state index is 13.2. The number of halogens is 1. The monoisotopic (exact) mass is 255 g/mol. The Morgan fingerprint density at radius 2 is 1.89 bits per heavy atom. The summed E-state index contributed by atoms with van der Waals surface area (Å²) in [4.78, 5) is 0. The number of nitrogens with zero attached hydrogens (tertiary/aromatic N) is 1. The largest absolute Gasteiger partial charge is 0.392 e. The van der Waals surface area contributed by atoms with Crippen molar-refractivity contribution < 1.29 is 9.50 Å².